The molecule has 0 unspecified atom stereocenters. The maximum Gasteiger partial charge on any atom is 0.227 e. The molecule has 1 N–H and O–H groups in total. The highest BCUT2D eigenvalue weighted by Crippen LogP contribution is 2.31. The van der Waals surface area contributed by atoms with Crippen molar-refractivity contribution >= 4 is 38.3 Å². The highest BCUT2D eigenvalue weighted by atomic mass is 32.1. The third-order valence-corrected chi connectivity index (χ3v) is 6.36. The number of nitrogens with one attached hydrogen (secondary N) is 1. The Morgan fingerprint density at radius 3 is 2.48 bits per heavy atom. The van der Waals surface area contributed by atoms with Crippen LogP contribution in [0.3, 0.4) is 0 Å². The molecule has 2 aromatic carbocycles. The lowest BCUT2D eigenvalue weighted by Gasteiger charge is -2.31. The lowest BCUT2D eigenvalue weighted by molar-refractivity contribution is -0.120. The fraction of sp³-hybridized carbons (Fsp3) is 0.364. The third kappa shape index (κ3) is 3.98. The minimum absolute atomic E-state index is 0.0698. The van der Waals surface area contributed by atoms with E-state index < -0.39 is 0 Å². The summed E-state index contributed by atoms with van der Waals surface area (Å²) in [7, 11) is 0. The Kier molecular flexibility index (Phi) is 5.12. The summed E-state index contributed by atoms with van der Waals surface area (Å²) in [5.74, 6) is 0.707. The van der Waals surface area contributed by atoms with Crippen molar-refractivity contribution < 1.29 is 4.79 Å². The Bertz CT molecular complexity index is 891. The Morgan fingerprint density at radius 2 is 1.81 bits per heavy atom. The summed E-state index contributed by atoms with van der Waals surface area (Å²) in [6.07, 6.45) is 1.73. The molecule has 140 valence electrons. The molecule has 3 aromatic rings. The maximum atomic E-state index is 12.6. The summed E-state index contributed by atoms with van der Waals surface area (Å²) in [6.45, 7) is 6.11. The minimum Gasteiger partial charge on any atom is -0.348 e. The summed E-state index contributed by atoms with van der Waals surface area (Å²) in [5.41, 5.74) is 3.23. The number of nitrogens with zero attached hydrogens (tertiary/aromatic N) is 2. The number of anilines is 2. The van der Waals surface area contributed by atoms with Crippen LogP contribution >= 0.6 is 11.3 Å². The van der Waals surface area contributed by atoms with Crippen molar-refractivity contribution in [2.75, 3.05) is 23.3 Å². The zero-order valence-corrected chi connectivity index (χ0v) is 16.6. The van der Waals surface area contributed by atoms with Crippen molar-refractivity contribution in [3.63, 3.8) is 0 Å². The van der Waals surface area contributed by atoms with E-state index in [1.54, 1.807) is 11.3 Å². The number of fused-ring (bicyclic) bond motifs is 1. The first-order valence-corrected chi connectivity index (χ1v) is 10.4. The molecule has 1 amide bonds. The fourth-order valence-corrected chi connectivity index (χ4v) is 4.54. The van der Waals surface area contributed by atoms with E-state index in [1.807, 2.05) is 18.2 Å². The summed E-state index contributed by atoms with van der Waals surface area (Å²) in [6, 6.07) is 16.4. The second kappa shape index (κ2) is 7.69. The van der Waals surface area contributed by atoms with Gasteiger partial charge in [-0.2, -0.15) is 0 Å². The molecule has 0 aliphatic carbocycles. The molecule has 1 saturated heterocycles. The second-order valence-electron chi connectivity index (χ2n) is 7.49. The van der Waals surface area contributed by atoms with Crippen molar-refractivity contribution in [3.8, 4) is 0 Å². The number of hydrogen-bond acceptors (Lipinski definition) is 4. The second-order valence-corrected chi connectivity index (χ2v) is 8.50. The van der Waals surface area contributed by atoms with Crippen molar-refractivity contribution in [3.05, 3.63) is 54.1 Å². The van der Waals surface area contributed by atoms with Gasteiger partial charge in [-0.15, -0.1) is 0 Å². The zero-order chi connectivity index (χ0) is 18.8. The first-order valence-electron chi connectivity index (χ1n) is 9.61. The van der Waals surface area contributed by atoms with Crippen LogP contribution in [0.2, 0.25) is 0 Å². The van der Waals surface area contributed by atoms with Crippen LogP contribution in [0.1, 0.15) is 38.2 Å². The number of thiazole rings is 1. The van der Waals surface area contributed by atoms with Crippen molar-refractivity contribution in [1.82, 2.24) is 4.98 Å². The summed E-state index contributed by atoms with van der Waals surface area (Å²) in [5, 5.41) is 4.15. The molecule has 0 spiro atoms. The van der Waals surface area contributed by atoms with Gasteiger partial charge in [-0.25, -0.2) is 4.98 Å². The van der Waals surface area contributed by atoms with Gasteiger partial charge in [-0.05, 0) is 48.6 Å². The van der Waals surface area contributed by atoms with E-state index in [4.69, 9.17) is 4.98 Å². The molecule has 1 fully saturated rings. The van der Waals surface area contributed by atoms with E-state index in [9.17, 15) is 4.79 Å². The number of hydrogen-bond donors (Lipinski definition) is 1. The Labute approximate surface area is 164 Å². The molecule has 2 heterocycles. The lowest BCUT2D eigenvalue weighted by Crippen LogP contribution is -2.38. The number of rotatable bonds is 4. The zero-order valence-electron chi connectivity index (χ0n) is 15.8. The molecule has 0 radical (unpaired) electrons. The molecule has 4 rings (SSSR count). The maximum absolute atomic E-state index is 12.6. The van der Waals surface area contributed by atoms with Crippen LogP contribution in [0, 0.1) is 5.92 Å². The average molecular weight is 380 g/mol. The van der Waals surface area contributed by atoms with Gasteiger partial charge in [0, 0.05) is 24.7 Å². The summed E-state index contributed by atoms with van der Waals surface area (Å²) >= 11 is 1.73. The van der Waals surface area contributed by atoms with E-state index >= 15 is 0 Å². The van der Waals surface area contributed by atoms with Gasteiger partial charge < -0.3 is 10.2 Å². The number of aromatic nitrogens is 1. The van der Waals surface area contributed by atoms with E-state index in [0.717, 1.165) is 42.3 Å². The number of para-hydroxylation sites is 1. The fourth-order valence-electron chi connectivity index (χ4n) is 3.52. The number of piperidine rings is 1. The Hall–Kier alpha value is -2.40. The standard InChI is InChI=1S/C22H25N3OS/c1-15(2)16-7-9-18(10-8-16)23-21(26)17-11-13-25(14-12-17)22-24-19-5-3-4-6-20(19)27-22/h3-10,15,17H,11-14H2,1-2H3,(H,23,26). The molecule has 5 heteroatoms. The van der Waals surface area contributed by atoms with Gasteiger partial charge in [-0.3, -0.25) is 4.79 Å². The van der Waals surface area contributed by atoms with Crippen molar-refractivity contribution in [2.24, 2.45) is 5.92 Å². The lowest BCUT2D eigenvalue weighted by atomic mass is 9.96. The van der Waals surface area contributed by atoms with E-state index in [2.05, 4.69) is 54.4 Å². The molecule has 0 atom stereocenters. The van der Waals surface area contributed by atoms with E-state index in [0.29, 0.717) is 5.92 Å². The van der Waals surface area contributed by atoms with Crippen molar-refractivity contribution in [1.29, 1.82) is 0 Å². The largest absolute Gasteiger partial charge is 0.348 e. The van der Waals surface area contributed by atoms with Crippen LogP contribution in [0.15, 0.2) is 48.5 Å². The van der Waals surface area contributed by atoms with Crippen LogP contribution in [-0.4, -0.2) is 24.0 Å². The molecular weight excluding hydrogens is 354 g/mol. The van der Waals surface area contributed by atoms with Gasteiger partial charge in [0.2, 0.25) is 5.91 Å². The predicted octanol–water partition coefficient (Wildman–Crippen LogP) is 5.27. The minimum atomic E-state index is 0.0698. The van der Waals surface area contributed by atoms with Gasteiger partial charge >= 0.3 is 0 Å². The van der Waals surface area contributed by atoms with Crippen LogP contribution in [0.4, 0.5) is 10.8 Å². The molecular formula is C22H25N3OS. The van der Waals surface area contributed by atoms with Crippen LogP contribution < -0.4 is 10.2 Å². The first-order chi connectivity index (χ1) is 13.1. The monoisotopic (exact) mass is 379 g/mol. The summed E-state index contributed by atoms with van der Waals surface area (Å²) in [4.78, 5) is 19.7. The predicted molar refractivity (Wildman–Crippen MR) is 114 cm³/mol. The normalized spacial score (nSPS) is 15.4. The molecule has 0 saturated carbocycles. The molecule has 27 heavy (non-hydrogen) atoms. The molecule has 1 aromatic heterocycles. The Morgan fingerprint density at radius 1 is 1.11 bits per heavy atom. The number of carbonyl (C=O) groups excluding carboxylic acids is 1. The highest BCUT2D eigenvalue weighted by Gasteiger charge is 2.26. The van der Waals surface area contributed by atoms with E-state index in [-0.39, 0.29) is 11.8 Å². The van der Waals surface area contributed by atoms with Crippen LogP contribution in [0.5, 0.6) is 0 Å². The van der Waals surface area contributed by atoms with E-state index in [1.165, 1.54) is 10.3 Å². The third-order valence-electron chi connectivity index (χ3n) is 5.26. The van der Waals surface area contributed by atoms with Gasteiger partial charge in [0.1, 0.15) is 0 Å². The first kappa shape index (κ1) is 18.0. The molecule has 4 nitrogen and oxygen atoms in total. The SMILES string of the molecule is CC(C)c1ccc(NC(=O)C2CCN(c3nc4ccccc4s3)CC2)cc1. The molecule has 0 bridgehead atoms. The summed E-state index contributed by atoms with van der Waals surface area (Å²) < 4.78 is 1.22. The number of carbonyl (C=O) groups is 1. The van der Waals surface area contributed by atoms with Crippen LogP contribution in [0.25, 0.3) is 10.2 Å². The molecule has 1 aliphatic heterocycles. The van der Waals surface area contributed by atoms with Gasteiger partial charge in [0.05, 0.1) is 10.2 Å². The number of amides is 1. The highest BCUT2D eigenvalue weighted by molar-refractivity contribution is 7.22. The van der Waals surface area contributed by atoms with Gasteiger partial charge in [0.15, 0.2) is 5.13 Å². The van der Waals surface area contributed by atoms with Crippen LogP contribution in [-0.2, 0) is 4.79 Å². The van der Waals surface area contributed by atoms with Gasteiger partial charge in [-0.1, -0.05) is 49.4 Å². The van der Waals surface area contributed by atoms with Gasteiger partial charge in [0.25, 0.3) is 0 Å². The quantitative estimate of drug-likeness (QED) is 0.671. The average Bonchev–Trinajstić information content (AvgIpc) is 3.13. The smallest absolute Gasteiger partial charge is 0.227 e. The Balaban J connectivity index is 1.34. The number of benzene rings is 2. The molecule has 1 aliphatic rings. The topological polar surface area (TPSA) is 45.2 Å². The van der Waals surface area contributed by atoms with Crippen molar-refractivity contribution in [2.45, 2.75) is 32.6 Å².